The number of hydrogen-bond acceptors (Lipinski definition) is 8. The summed E-state index contributed by atoms with van der Waals surface area (Å²) in [6.07, 6.45) is 1.36. The van der Waals surface area contributed by atoms with Crippen LogP contribution in [0.4, 0.5) is 0 Å². The summed E-state index contributed by atoms with van der Waals surface area (Å²) in [5, 5.41) is 30.7. The molecular weight excluding hydrogens is 452 g/mol. The molecule has 8 nitrogen and oxygen atoms in total. The Kier molecular flexibility index (Phi) is 6.32. The number of rotatable bonds is 6. The standard InChI is InChI=1S/C27H42O8/c1-6-32-18-12-19-25(5,9-7-24(4)8-10-26(15(2)3)27(19,24)35-26)20(11-16(18)13-28)34-23-22(31)21(30)17(29)14-33-23/h11,13,15,17-23,29-31H,6-10,12,14H2,1-5H3. The van der Waals surface area contributed by atoms with Gasteiger partial charge in [-0.15, -0.1) is 0 Å². The zero-order valence-electron chi connectivity index (χ0n) is 21.6. The lowest BCUT2D eigenvalue weighted by Crippen LogP contribution is -2.60. The van der Waals surface area contributed by atoms with Gasteiger partial charge >= 0.3 is 0 Å². The van der Waals surface area contributed by atoms with E-state index in [2.05, 4.69) is 27.7 Å². The Morgan fingerprint density at radius 2 is 1.86 bits per heavy atom. The van der Waals surface area contributed by atoms with E-state index in [1.54, 1.807) is 0 Å². The van der Waals surface area contributed by atoms with Crippen molar-refractivity contribution >= 4 is 6.29 Å². The van der Waals surface area contributed by atoms with Gasteiger partial charge in [-0.3, -0.25) is 4.79 Å². The Morgan fingerprint density at radius 3 is 2.49 bits per heavy atom. The van der Waals surface area contributed by atoms with Crippen molar-refractivity contribution in [3.8, 4) is 0 Å². The second kappa shape index (κ2) is 8.58. The van der Waals surface area contributed by atoms with Crippen molar-refractivity contribution in [3.63, 3.8) is 0 Å². The Morgan fingerprint density at radius 1 is 1.14 bits per heavy atom. The zero-order chi connectivity index (χ0) is 25.4. The molecule has 5 rings (SSSR count). The summed E-state index contributed by atoms with van der Waals surface area (Å²) < 4.78 is 25.1. The lowest BCUT2D eigenvalue weighted by Gasteiger charge is -2.55. The van der Waals surface area contributed by atoms with Crippen molar-refractivity contribution in [3.05, 3.63) is 11.6 Å². The van der Waals surface area contributed by atoms with Crippen LogP contribution in [0.2, 0.25) is 0 Å². The van der Waals surface area contributed by atoms with Crippen LogP contribution < -0.4 is 0 Å². The van der Waals surface area contributed by atoms with Gasteiger partial charge in [-0.25, -0.2) is 0 Å². The maximum Gasteiger partial charge on any atom is 0.186 e. The molecule has 1 spiro atoms. The summed E-state index contributed by atoms with van der Waals surface area (Å²) >= 11 is 0. The molecule has 0 aromatic rings. The third-order valence-electron chi connectivity index (χ3n) is 10.4. The zero-order valence-corrected chi connectivity index (χ0v) is 21.6. The largest absolute Gasteiger partial charge is 0.388 e. The molecule has 35 heavy (non-hydrogen) atoms. The van der Waals surface area contributed by atoms with Crippen molar-refractivity contribution in [1.82, 2.24) is 0 Å². The predicted octanol–water partition coefficient (Wildman–Crippen LogP) is 2.12. The van der Waals surface area contributed by atoms with Gasteiger partial charge in [0.15, 0.2) is 6.29 Å². The van der Waals surface area contributed by atoms with Gasteiger partial charge in [-0.2, -0.15) is 0 Å². The van der Waals surface area contributed by atoms with E-state index in [9.17, 15) is 20.1 Å². The number of carbonyl (C=O) groups is 1. The minimum atomic E-state index is -1.40. The first-order valence-electron chi connectivity index (χ1n) is 13.3. The van der Waals surface area contributed by atoms with Crippen LogP contribution in [0.5, 0.6) is 0 Å². The highest BCUT2D eigenvalue weighted by Gasteiger charge is 2.86. The number of aliphatic hydroxyl groups excluding tert-OH is 3. The summed E-state index contributed by atoms with van der Waals surface area (Å²) in [5.74, 6) is 0.420. The minimum absolute atomic E-state index is 0.0373. The third kappa shape index (κ3) is 3.40. The molecule has 11 unspecified atom stereocenters. The SMILES string of the molecule is CCOC1CC2C(C)(CCC3(C)CCC4(C(C)C)OC234)C(OC2OCC(O)C(O)C2O)C=C1C=O. The molecule has 0 amide bonds. The van der Waals surface area contributed by atoms with E-state index < -0.39 is 36.1 Å². The molecule has 0 bridgehead atoms. The normalized spacial score (nSPS) is 53.3. The van der Waals surface area contributed by atoms with Gasteiger partial charge in [0.2, 0.25) is 0 Å². The van der Waals surface area contributed by atoms with Crippen LogP contribution >= 0.6 is 0 Å². The Labute approximate surface area is 208 Å². The molecule has 2 aliphatic heterocycles. The second-order valence-corrected chi connectivity index (χ2v) is 12.3. The summed E-state index contributed by atoms with van der Waals surface area (Å²) in [4.78, 5) is 12.3. The van der Waals surface area contributed by atoms with Crippen molar-refractivity contribution in [2.45, 2.75) is 115 Å². The quantitative estimate of drug-likeness (QED) is 0.380. The van der Waals surface area contributed by atoms with Crippen molar-refractivity contribution < 1.29 is 39.1 Å². The van der Waals surface area contributed by atoms with Gasteiger partial charge < -0.3 is 34.3 Å². The first-order valence-corrected chi connectivity index (χ1v) is 13.3. The Bertz CT molecular complexity index is 875. The van der Waals surface area contributed by atoms with E-state index in [1.165, 1.54) is 0 Å². The highest BCUT2D eigenvalue weighted by Crippen LogP contribution is 2.80. The number of carbonyl (C=O) groups excluding carboxylic acids is 1. The minimum Gasteiger partial charge on any atom is -0.388 e. The molecule has 11 atom stereocenters. The molecule has 3 N–H and O–H groups in total. The van der Waals surface area contributed by atoms with E-state index in [1.807, 2.05) is 13.0 Å². The summed E-state index contributed by atoms with van der Waals surface area (Å²) in [5.41, 5.74) is -0.362. The van der Waals surface area contributed by atoms with Crippen LogP contribution in [0.3, 0.4) is 0 Å². The summed E-state index contributed by atoms with van der Waals surface area (Å²) in [6.45, 7) is 11.3. The highest BCUT2D eigenvalue weighted by molar-refractivity contribution is 5.75. The van der Waals surface area contributed by atoms with E-state index in [4.69, 9.17) is 18.9 Å². The topological polar surface area (TPSA) is 118 Å². The fourth-order valence-electron chi connectivity index (χ4n) is 8.21. The van der Waals surface area contributed by atoms with Crippen LogP contribution in [0, 0.1) is 22.7 Å². The van der Waals surface area contributed by atoms with Gasteiger partial charge in [-0.1, -0.05) is 27.7 Å². The van der Waals surface area contributed by atoms with Gasteiger partial charge in [0, 0.05) is 23.5 Å². The average molecular weight is 495 g/mol. The van der Waals surface area contributed by atoms with E-state index in [0.717, 1.165) is 32.0 Å². The second-order valence-electron chi connectivity index (χ2n) is 12.3. The summed E-state index contributed by atoms with van der Waals surface area (Å²) in [6, 6.07) is 0. The first kappa shape index (κ1) is 25.8. The number of hydrogen-bond donors (Lipinski definition) is 3. The van der Waals surface area contributed by atoms with E-state index in [0.29, 0.717) is 24.5 Å². The maximum atomic E-state index is 12.3. The molecular formula is C27H42O8. The van der Waals surface area contributed by atoms with Crippen LogP contribution in [0.1, 0.15) is 66.7 Å². The summed E-state index contributed by atoms with van der Waals surface area (Å²) in [7, 11) is 0. The molecule has 198 valence electrons. The lowest BCUT2D eigenvalue weighted by atomic mass is 9.50. The lowest BCUT2D eigenvalue weighted by molar-refractivity contribution is -0.292. The Hall–Kier alpha value is -0.870. The van der Waals surface area contributed by atoms with Crippen LogP contribution in [0.25, 0.3) is 0 Å². The van der Waals surface area contributed by atoms with E-state index >= 15 is 0 Å². The number of epoxide rings is 1. The predicted molar refractivity (Wildman–Crippen MR) is 126 cm³/mol. The van der Waals surface area contributed by atoms with Gasteiger partial charge in [0.25, 0.3) is 0 Å². The molecule has 4 fully saturated rings. The highest BCUT2D eigenvalue weighted by atomic mass is 16.7. The molecule has 0 radical (unpaired) electrons. The fourth-order valence-corrected chi connectivity index (χ4v) is 8.21. The van der Waals surface area contributed by atoms with Crippen molar-refractivity contribution in [2.24, 2.45) is 22.7 Å². The van der Waals surface area contributed by atoms with Crippen molar-refractivity contribution in [1.29, 1.82) is 0 Å². The fraction of sp³-hybridized carbons (Fsp3) is 0.889. The number of fused-ring (bicyclic) bond motifs is 1. The molecule has 2 saturated carbocycles. The van der Waals surface area contributed by atoms with Crippen LogP contribution in [-0.2, 0) is 23.7 Å². The monoisotopic (exact) mass is 494 g/mol. The number of ether oxygens (including phenoxy) is 4. The van der Waals surface area contributed by atoms with Gasteiger partial charge in [-0.05, 0) is 56.4 Å². The third-order valence-corrected chi connectivity index (χ3v) is 10.4. The molecule has 0 aromatic heterocycles. The van der Waals surface area contributed by atoms with Crippen molar-refractivity contribution in [2.75, 3.05) is 13.2 Å². The van der Waals surface area contributed by atoms with Crippen LogP contribution in [0.15, 0.2) is 11.6 Å². The molecule has 2 saturated heterocycles. The molecule has 8 heteroatoms. The Balaban J connectivity index is 1.57. The molecule has 5 aliphatic rings. The first-order chi connectivity index (χ1) is 16.5. The number of aliphatic hydroxyl groups is 3. The molecule has 3 aliphatic carbocycles. The average Bonchev–Trinajstić information content (AvgIpc) is 3.47. The maximum absolute atomic E-state index is 12.3. The van der Waals surface area contributed by atoms with Gasteiger partial charge in [0.05, 0.1) is 18.8 Å². The smallest absolute Gasteiger partial charge is 0.186 e. The van der Waals surface area contributed by atoms with Crippen LogP contribution in [-0.4, -0.2) is 82.8 Å². The van der Waals surface area contributed by atoms with E-state index in [-0.39, 0.29) is 35.2 Å². The molecule has 0 aromatic carbocycles. The number of aldehydes is 1. The molecule has 2 heterocycles. The van der Waals surface area contributed by atoms with Gasteiger partial charge in [0.1, 0.15) is 35.8 Å².